The van der Waals surface area contributed by atoms with Gasteiger partial charge in [0.15, 0.2) is 0 Å². The van der Waals surface area contributed by atoms with Gasteiger partial charge in [0.25, 0.3) is 0 Å². The molecule has 0 bridgehead atoms. The van der Waals surface area contributed by atoms with Gasteiger partial charge >= 0.3 is 0 Å². The lowest BCUT2D eigenvalue weighted by atomic mass is 10.00. The van der Waals surface area contributed by atoms with Gasteiger partial charge < -0.3 is 11.5 Å². The number of aryl methyl sites for hydroxylation is 1. The van der Waals surface area contributed by atoms with Crippen molar-refractivity contribution in [1.29, 1.82) is 0 Å². The first-order valence-electron chi connectivity index (χ1n) is 9.44. The zero-order chi connectivity index (χ0) is 17.2. The zero-order valence-corrected chi connectivity index (χ0v) is 15.1. The molecule has 4 N–H and O–H groups in total. The number of benzene rings is 2. The first-order valence-corrected chi connectivity index (χ1v) is 9.44. The van der Waals surface area contributed by atoms with Gasteiger partial charge in [0.05, 0.1) is 0 Å². The summed E-state index contributed by atoms with van der Waals surface area (Å²) >= 11 is 0. The van der Waals surface area contributed by atoms with E-state index in [-0.39, 0.29) is 0 Å². The zero-order valence-electron chi connectivity index (χ0n) is 15.1. The molecule has 2 aromatic carbocycles. The third-order valence-electron chi connectivity index (χ3n) is 4.58. The highest BCUT2D eigenvalue weighted by Crippen LogP contribution is 2.25. The van der Waals surface area contributed by atoms with Crippen LogP contribution in [0.25, 0.3) is 11.1 Å². The summed E-state index contributed by atoms with van der Waals surface area (Å²) in [7, 11) is 0. The van der Waals surface area contributed by atoms with Crippen molar-refractivity contribution in [2.24, 2.45) is 0 Å². The van der Waals surface area contributed by atoms with Crippen molar-refractivity contribution in [3.05, 3.63) is 48.0 Å². The van der Waals surface area contributed by atoms with Crippen LogP contribution in [0, 0.1) is 0 Å². The summed E-state index contributed by atoms with van der Waals surface area (Å²) in [5.74, 6) is 0. The Bertz CT molecular complexity index is 582. The Morgan fingerprint density at radius 1 is 0.625 bits per heavy atom. The van der Waals surface area contributed by atoms with Crippen molar-refractivity contribution in [3.63, 3.8) is 0 Å². The van der Waals surface area contributed by atoms with Gasteiger partial charge in [0.1, 0.15) is 0 Å². The van der Waals surface area contributed by atoms with Crippen LogP contribution < -0.4 is 11.5 Å². The molecular weight excluding hydrogens is 292 g/mol. The maximum absolute atomic E-state index is 5.88. The van der Waals surface area contributed by atoms with E-state index in [1.54, 1.807) is 6.07 Å². The van der Waals surface area contributed by atoms with Gasteiger partial charge in [-0.05, 0) is 47.7 Å². The highest BCUT2D eigenvalue weighted by atomic mass is 14.6. The molecule has 0 aliphatic carbocycles. The van der Waals surface area contributed by atoms with Crippen LogP contribution >= 0.6 is 0 Å². The number of hydrogen-bond donors (Lipinski definition) is 2. The average molecular weight is 325 g/mol. The maximum Gasteiger partial charge on any atom is 0.0340 e. The fraction of sp³-hybridized carbons (Fsp3) is 0.455. The summed E-state index contributed by atoms with van der Waals surface area (Å²) in [5, 5.41) is 0. The lowest BCUT2D eigenvalue weighted by molar-refractivity contribution is 0.575. The van der Waals surface area contributed by atoms with Crippen LogP contribution in [0.1, 0.15) is 63.9 Å². The molecule has 24 heavy (non-hydrogen) atoms. The van der Waals surface area contributed by atoms with Crippen LogP contribution in [-0.2, 0) is 6.42 Å². The molecule has 0 spiro atoms. The minimum atomic E-state index is 0.716. The van der Waals surface area contributed by atoms with Crippen molar-refractivity contribution in [2.75, 3.05) is 11.5 Å². The minimum absolute atomic E-state index is 0.716. The van der Waals surface area contributed by atoms with Gasteiger partial charge in [-0.15, -0.1) is 0 Å². The Kier molecular flexibility index (Phi) is 7.67. The molecule has 0 aromatic heterocycles. The monoisotopic (exact) mass is 324 g/mol. The number of unbranched alkanes of at least 4 members (excludes halogenated alkanes) is 7. The Balaban J connectivity index is 1.74. The van der Waals surface area contributed by atoms with Crippen LogP contribution in [0.3, 0.4) is 0 Å². The van der Waals surface area contributed by atoms with Gasteiger partial charge in [-0.2, -0.15) is 0 Å². The lowest BCUT2D eigenvalue weighted by Crippen LogP contribution is -1.92. The molecule has 0 amide bonds. The quantitative estimate of drug-likeness (QED) is 0.404. The summed E-state index contributed by atoms with van der Waals surface area (Å²) < 4.78 is 0. The first-order chi connectivity index (χ1) is 11.7. The van der Waals surface area contributed by atoms with Crippen LogP contribution in [0.5, 0.6) is 0 Å². The second-order valence-electron chi connectivity index (χ2n) is 6.81. The Labute approximate surface area is 147 Å². The number of hydrogen-bond acceptors (Lipinski definition) is 2. The van der Waals surface area contributed by atoms with Crippen molar-refractivity contribution >= 4 is 11.4 Å². The molecule has 2 nitrogen and oxygen atoms in total. The van der Waals surface area contributed by atoms with Crippen molar-refractivity contribution in [3.8, 4) is 11.1 Å². The molecule has 2 heteroatoms. The summed E-state index contributed by atoms with van der Waals surface area (Å²) in [6, 6.07) is 14.6. The van der Waals surface area contributed by atoms with Crippen molar-refractivity contribution in [2.45, 2.75) is 64.7 Å². The van der Waals surface area contributed by atoms with Crippen LogP contribution in [0.2, 0.25) is 0 Å². The van der Waals surface area contributed by atoms with E-state index in [0.29, 0.717) is 11.4 Å². The van der Waals surface area contributed by atoms with Crippen LogP contribution in [0.4, 0.5) is 11.4 Å². The van der Waals surface area contributed by atoms with Crippen LogP contribution in [-0.4, -0.2) is 0 Å². The molecule has 0 saturated heterocycles. The Morgan fingerprint density at radius 3 is 1.75 bits per heavy atom. The fourth-order valence-corrected chi connectivity index (χ4v) is 3.17. The van der Waals surface area contributed by atoms with Gasteiger partial charge in [-0.1, -0.05) is 76.1 Å². The molecule has 2 aromatic rings. The highest BCUT2D eigenvalue weighted by Gasteiger charge is 2.01. The Hall–Kier alpha value is -1.96. The molecule has 2 rings (SSSR count). The maximum atomic E-state index is 5.88. The van der Waals surface area contributed by atoms with Crippen LogP contribution in [0.15, 0.2) is 42.5 Å². The summed E-state index contributed by atoms with van der Waals surface area (Å²) in [6.45, 7) is 2.27. The predicted octanol–water partition coefficient (Wildman–Crippen LogP) is 6.20. The van der Waals surface area contributed by atoms with Crippen molar-refractivity contribution < 1.29 is 0 Å². The predicted molar refractivity (Wildman–Crippen MR) is 107 cm³/mol. The molecule has 0 atom stereocenters. The van der Waals surface area contributed by atoms with E-state index in [1.165, 1.54) is 68.9 Å². The molecule has 0 aliphatic heterocycles. The largest absolute Gasteiger partial charge is 0.399 e. The smallest absolute Gasteiger partial charge is 0.0340 e. The van der Waals surface area contributed by atoms with E-state index >= 15 is 0 Å². The van der Waals surface area contributed by atoms with E-state index in [1.807, 2.05) is 12.1 Å². The molecule has 0 aliphatic rings. The van der Waals surface area contributed by atoms with Gasteiger partial charge in [0, 0.05) is 11.4 Å². The number of nitrogen functional groups attached to an aromatic ring is 2. The Morgan fingerprint density at radius 2 is 1.17 bits per heavy atom. The topological polar surface area (TPSA) is 52.0 Å². The second-order valence-corrected chi connectivity index (χ2v) is 6.81. The van der Waals surface area contributed by atoms with E-state index in [9.17, 15) is 0 Å². The third kappa shape index (κ3) is 6.27. The average Bonchev–Trinajstić information content (AvgIpc) is 2.57. The molecule has 0 radical (unpaired) electrons. The van der Waals surface area contributed by atoms with E-state index in [4.69, 9.17) is 11.5 Å². The van der Waals surface area contributed by atoms with Gasteiger partial charge in [-0.3, -0.25) is 0 Å². The summed E-state index contributed by atoms with van der Waals surface area (Å²) in [6.07, 6.45) is 12.1. The second kappa shape index (κ2) is 10.0. The van der Waals surface area contributed by atoms with E-state index < -0.39 is 0 Å². The lowest BCUT2D eigenvalue weighted by Gasteiger charge is -2.07. The van der Waals surface area contributed by atoms with Gasteiger partial charge in [0.2, 0.25) is 0 Å². The van der Waals surface area contributed by atoms with Crippen molar-refractivity contribution in [1.82, 2.24) is 0 Å². The number of nitrogens with two attached hydrogens (primary N) is 2. The SMILES string of the molecule is CCCCCCCCCCc1ccc(-c2cc(N)cc(N)c2)cc1. The minimum Gasteiger partial charge on any atom is -0.399 e. The molecular formula is C22H32N2. The first kappa shape index (κ1) is 18.4. The standard InChI is InChI=1S/C22H32N2/c1-2-3-4-5-6-7-8-9-10-18-11-13-19(14-12-18)20-15-21(23)17-22(24)16-20/h11-17H,2-10,23-24H2,1H3. The van der Waals surface area contributed by atoms with Gasteiger partial charge in [-0.25, -0.2) is 0 Å². The number of anilines is 2. The fourth-order valence-electron chi connectivity index (χ4n) is 3.17. The summed E-state index contributed by atoms with van der Waals surface area (Å²) in [5.41, 5.74) is 16.9. The highest BCUT2D eigenvalue weighted by molar-refractivity contribution is 5.72. The van der Waals surface area contributed by atoms with E-state index in [2.05, 4.69) is 31.2 Å². The molecule has 0 heterocycles. The normalized spacial score (nSPS) is 10.9. The summed E-state index contributed by atoms with van der Waals surface area (Å²) in [4.78, 5) is 0. The molecule has 0 unspecified atom stereocenters. The number of rotatable bonds is 10. The molecule has 0 fully saturated rings. The third-order valence-corrected chi connectivity index (χ3v) is 4.58. The molecule has 130 valence electrons. The molecule has 0 saturated carbocycles. The van der Waals surface area contributed by atoms with E-state index in [0.717, 1.165) is 5.56 Å².